The summed E-state index contributed by atoms with van der Waals surface area (Å²) in [6, 6.07) is 13.9. The van der Waals surface area contributed by atoms with Crippen LogP contribution in [0.25, 0.3) is 0 Å². The highest BCUT2D eigenvalue weighted by Crippen LogP contribution is 2.19. The third-order valence-electron chi connectivity index (χ3n) is 4.64. The maximum atomic E-state index is 12.9. The number of hydrogen-bond donors (Lipinski definition) is 0. The van der Waals surface area contributed by atoms with Gasteiger partial charge in [-0.05, 0) is 43.5 Å². The fraction of sp³-hybridized carbons (Fsp3) is 0.391. The number of aryl methyl sites for hydroxylation is 3. The van der Waals surface area contributed by atoms with Crippen LogP contribution in [0.15, 0.2) is 42.5 Å². The molecule has 0 aliphatic carbocycles. The number of benzene rings is 2. The molecule has 2 aromatic rings. The van der Waals surface area contributed by atoms with Crippen LogP contribution in [0.3, 0.4) is 0 Å². The minimum atomic E-state index is -0.417. The number of rotatable bonds is 8. The number of carbonyl (C=O) groups excluding carboxylic acids is 2. The number of amides is 1. The average Bonchev–Trinajstić information content (AvgIpc) is 2.68. The van der Waals surface area contributed by atoms with Crippen LogP contribution in [0.5, 0.6) is 5.75 Å². The van der Waals surface area contributed by atoms with E-state index in [2.05, 4.69) is 0 Å². The first-order chi connectivity index (χ1) is 13.3. The number of methoxy groups -OCH3 is 1. The Balaban J connectivity index is 2.11. The molecule has 28 heavy (non-hydrogen) atoms. The van der Waals surface area contributed by atoms with E-state index in [1.54, 1.807) is 11.8 Å². The zero-order chi connectivity index (χ0) is 20.7. The van der Waals surface area contributed by atoms with Gasteiger partial charge in [0.1, 0.15) is 5.75 Å². The van der Waals surface area contributed by atoms with Crippen molar-refractivity contribution in [3.05, 3.63) is 64.7 Å². The lowest BCUT2D eigenvalue weighted by Gasteiger charge is -2.25. The Hall–Kier alpha value is -2.82. The molecule has 0 aromatic heterocycles. The van der Waals surface area contributed by atoms with Gasteiger partial charge in [-0.25, -0.2) is 0 Å². The van der Waals surface area contributed by atoms with Gasteiger partial charge in [0, 0.05) is 13.1 Å². The quantitative estimate of drug-likeness (QED) is 0.650. The van der Waals surface area contributed by atoms with E-state index in [1.807, 2.05) is 63.2 Å². The Morgan fingerprint density at radius 3 is 2.29 bits per heavy atom. The van der Waals surface area contributed by atoms with Crippen molar-refractivity contribution < 1.29 is 19.1 Å². The zero-order valence-electron chi connectivity index (χ0n) is 17.3. The molecule has 0 saturated heterocycles. The molecule has 0 fully saturated rings. The molecule has 150 valence electrons. The first-order valence-electron chi connectivity index (χ1n) is 9.41. The summed E-state index contributed by atoms with van der Waals surface area (Å²) in [5.74, 6) is -0.223. The summed E-state index contributed by atoms with van der Waals surface area (Å²) in [4.78, 5) is 26.4. The Bertz CT molecular complexity index is 814. The van der Waals surface area contributed by atoms with Crippen molar-refractivity contribution in [2.75, 3.05) is 20.3 Å². The van der Waals surface area contributed by atoms with Crippen molar-refractivity contribution >= 4 is 11.9 Å². The molecule has 0 N–H and O–H groups in total. The van der Waals surface area contributed by atoms with Crippen LogP contribution in [0.4, 0.5) is 0 Å². The lowest BCUT2D eigenvalue weighted by molar-refractivity contribution is -0.147. The second-order valence-electron chi connectivity index (χ2n) is 7.24. The van der Waals surface area contributed by atoms with E-state index in [1.165, 1.54) is 7.11 Å². The second kappa shape index (κ2) is 9.93. The van der Waals surface area contributed by atoms with Crippen molar-refractivity contribution in [2.24, 2.45) is 5.92 Å². The largest absolute Gasteiger partial charge is 0.483 e. The van der Waals surface area contributed by atoms with Crippen molar-refractivity contribution in [3.63, 3.8) is 0 Å². The van der Waals surface area contributed by atoms with E-state index in [4.69, 9.17) is 9.47 Å². The molecule has 0 aliphatic rings. The molecule has 0 aliphatic heterocycles. The summed E-state index contributed by atoms with van der Waals surface area (Å²) in [5.41, 5.74) is 4.21. The number of esters is 1. The van der Waals surface area contributed by atoms with Crippen LogP contribution in [0, 0.1) is 26.7 Å². The molecule has 0 heterocycles. The number of ether oxygens (including phenoxy) is 2. The monoisotopic (exact) mass is 383 g/mol. The summed E-state index contributed by atoms with van der Waals surface area (Å²) in [6.45, 7) is 8.31. The second-order valence-corrected chi connectivity index (χ2v) is 7.24. The highest BCUT2D eigenvalue weighted by atomic mass is 16.5. The minimum absolute atomic E-state index is 0.0793. The summed E-state index contributed by atoms with van der Waals surface area (Å²) < 4.78 is 10.6. The highest BCUT2D eigenvalue weighted by molar-refractivity contribution is 5.79. The molecule has 5 nitrogen and oxygen atoms in total. The van der Waals surface area contributed by atoms with Gasteiger partial charge in [0.2, 0.25) is 0 Å². The number of carbonyl (C=O) groups is 2. The Labute approximate surface area is 167 Å². The van der Waals surface area contributed by atoms with E-state index in [0.717, 1.165) is 22.3 Å². The molecule has 0 saturated carbocycles. The van der Waals surface area contributed by atoms with Crippen LogP contribution in [-0.4, -0.2) is 37.0 Å². The lowest BCUT2D eigenvalue weighted by Crippen LogP contribution is -2.39. The molecular formula is C23H29NO4. The van der Waals surface area contributed by atoms with E-state index in [0.29, 0.717) is 12.3 Å². The van der Waals surface area contributed by atoms with Crippen LogP contribution in [0.1, 0.15) is 29.2 Å². The summed E-state index contributed by atoms with van der Waals surface area (Å²) in [6.07, 6.45) is 0. The third-order valence-corrected chi connectivity index (χ3v) is 4.64. The van der Waals surface area contributed by atoms with Gasteiger partial charge in [0.15, 0.2) is 6.61 Å². The Morgan fingerprint density at radius 1 is 1.00 bits per heavy atom. The summed E-state index contributed by atoms with van der Waals surface area (Å²) in [5, 5.41) is 0. The van der Waals surface area contributed by atoms with Gasteiger partial charge >= 0.3 is 5.97 Å². The number of hydrogen-bond acceptors (Lipinski definition) is 4. The molecule has 1 atom stereocenters. The third kappa shape index (κ3) is 6.12. The highest BCUT2D eigenvalue weighted by Gasteiger charge is 2.22. The van der Waals surface area contributed by atoms with Gasteiger partial charge in [-0.15, -0.1) is 0 Å². The summed E-state index contributed by atoms with van der Waals surface area (Å²) >= 11 is 0. The number of nitrogens with zero attached hydrogens (tertiary/aromatic N) is 1. The molecule has 2 rings (SSSR count). The normalized spacial score (nSPS) is 11.6. The van der Waals surface area contributed by atoms with Crippen molar-refractivity contribution in [3.8, 4) is 5.75 Å². The molecule has 1 amide bonds. The SMILES string of the molecule is COC(=O)C(C)CN(Cc1ccc(C)cc1)C(=O)COc1cc(C)ccc1C. The Morgan fingerprint density at radius 2 is 1.64 bits per heavy atom. The zero-order valence-corrected chi connectivity index (χ0v) is 17.3. The molecule has 0 radical (unpaired) electrons. The van der Waals surface area contributed by atoms with Gasteiger partial charge in [0.05, 0.1) is 13.0 Å². The van der Waals surface area contributed by atoms with Crippen LogP contribution in [0.2, 0.25) is 0 Å². The van der Waals surface area contributed by atoms with Gasteiger partial charge in [-0.2, -0.15) is 0 Å². The van der Waals surface area contributed by atoms with E-state index >= 15 is 0 Å². The minimum Gasteiger partial charge on any atom is -0.483 e. The average molecular weight is 383 g/mol. The lowest BCUT2D eigenvalue weighted by atomic mass is 10.1. The predicted octanol–water partition coefficient (Wildman–Crippen LogP) is 3.83. The topological polar surface area (TPSA) is 55.8 Å². The molecule has 0 bridgehead atoms. The smallest absolute Gasteiger partial charge is 0.310 e. The molecular weight excluding hydrogens is 354 g/mol. The maximum Gasteiger partial charge on any atom is 0.310 e. The van der Waals surface area contributed by atoms with Gasteiger partial charge in [-0.3, -0.25) is 9.59 Å². The molecule has 2 aromatic carbocycles. The maximum absolute atomic E-state index is 12.9. The van der Waals surface area contributed by atoms with Crippen LogP contribution < -0.4 is 4.74 Å². The van der Waals surface area contributed by atoms with Crippen molar-refractivity contribution in [2.45, 2.75) is 34.2 Å². The van der Waals surface area contributed by atoms with Crippen LogP contribution >= 0.6 is 0 Å². The fourth-order valence-corrected chi connectivity index (χ4v) is 2.87. The van der Waals surface area contributed by atoms with Crippen LogP contribution in [-0.2, 0) is 20.9 Å². The molecule has 5 heteroatoms. The van der Waals surface area contributed by atoms with E-state index in [9.17, 15) is 9.59 Å². The Kier molecular flexibility index (Phi) is 7.61. The van der Waals surface area contributed by atoms with Gasteiger partial charge < -0.3 is 14.4 Å². The molecule has 1 unspecified atom stereocenters. The standard InChI is InChI=1S/C23H29NO4/c1-16-7-10-20(11-8-16)14-24(13-19(4)23(26)27-5)22(25)15-28-21-12-17(2)6-9-18(21)3/h6-12,19H,13-15H2,1-5H3. The fourth-order valence-electron chi connectivity index (χ4n) is 2.87. The van der Waals surface area contributed by atoms with Gasteiger partial charge in [0.25, 0.3) is 5.91 Å². The van der Waals surface area contributed by atoms with Crippen molar-refractivity contribution in [1.82, 2.24) is 4.90 Å². The van der Waals surface area contributed by atoms with Gasteiger partial charge in [-0.1, -0.05) is 48.9 Å². The predicted molar refractivity (Wildman–Crippen MR) is 109 cm³/mol. The molecule has 0 spiro atoms. The first kappa shape index (κ1) is 21.5. The van der Waals surface area contributed by atoms with E-state index in [-0.39, 0.29) is 25.0 Å². The summed E-state index contributed by atoms with van der Waals surface area (Å²) in [7, 11) is 1.36. The van der Waals surface area contributed by atoms with Crippen molar-refractivity contribution in [1.29, 1.82) is 0 Å². The van der Waals surface area contributed by atoms with E-state index < -0.39 is 5.92 Å². The first-order valence-corrected chi connectivity index (χ1v) is 9.41.